The molecule has 0 saturated heterocycles. The highest BCUT2D eigenvalue weighted by Crippen LogP contribution is 2.13. The fourth-order valence-corrected chi connectivity index (χ4v) is 2.85. The van der Waals surface area contributed by atoms with E-state index in [4.69, 9.17) is 5.73 Å². The highest BCUT2D eigenvalue weighted by Gasteiger charge is 2.30. The van der Waals surface area contributed by atoms with Crippen molar-refractivity contribution in [2.45, 2.75) is 58.7 Å². The molecule has 0 saturated carbocycles. The molecule has 0 aromatic heterocycles. The summed E-state index contributed by atoms with van der Waals surface area (Å²) >= 11 is 0. The van der Waals surface area contributed by atoms with Crippen LogP contribution in [0.4, 0.5) is 0 Å². The van der Waals surface area contributed by atoms with E-state index in [1.54, 1.807) is 32.9 Å². The number of hydrogen-bond acceptors (Lipinski definition) is 6. The van der Waals surface area contributed by atoms with Crippen molar-refractivity contribution in [2.75, 3.05) is 6.54 Å². The lowest BCUT2D eigenvalue weighted by Gasteiger charge is -2.24. The van der Waals surface area contributed by atoms with E-state index < -0.39 is 41.8 Å². The molecule has 178 valence electrons. The second-order valence-electron chi connectivity index (χ2n) is 8.19. The number of carboxylic acids is 1. The van der Waals surface area contributed by atoms with E-state index in [0.717, 1.165) is 0 Å². The number of nitrogens with two attached hydrogens (primary N) is 1. The number of carbonyl (C=O) groups is 4. The first kappa shape index (κ1) is 26.9. The predicted molar refractivity (Wildman–Crippen MR) is 119 cm³/mol. The molecular formula is C22H34N4O6. The quantitative estimate of drug-likeness (QED) is 0.263. The second kappa shape index (κ2) is 12.7. The van der Waals surface area contributed by atoms with Gasteiger partial charge in [0.2, 0.25) is 17.7 Å². The molecule has 10 heteroatoms. The van der Waals surface area contributed by atoms with Crippen LogP contribution in [0.5, 0.6) is 5.75 Å². The van der Waals surface area contributed by atoms with Gasteiger partial charge in [0.25, 0.3) is 0 Å². The number of phenolic OH excluding ortho intramolecular Hbond substituents is 1. The Bertz CT molecular complexity index is 796. The summed E-state index contributed by atoms with van der Waals surface area (Å²) in [6, 6.07) is 3.09. The molecule has 4 atom stereocenters. The van der Waals surface area contributed by atoms with Crippen molar-refractivity contribution in [2.24, 2.45) is 17.6 Å². The topological polar surface area (TPSA) is 171 Å². The van der Waals surface area contributed by atoms with Gasteiger partial charge in [-0.3, -0.25) is 14.4 Å². The molecule has 0 bridgehead atoms. The lowest BCUT2D eigenvalue weighted by Crippen LogP contribution is -2.55. The van der Waals surface area contributed by atoms with Gasteiger partial charge in [-0.2, -0.15) is 0 Å². The third-order valence-electron chi connectivity index (χ3n) is 5.25. The van der Waals surface area contributed by atoms with Gasteiger partial charge in [0.15, 0.2) is 0 Å². The van der Waals surface area contributed by atoms with Crippen molar-refractivity contribution in [3.63, 3.8) is 0 Å². The van der Waals surface area contributed by atoms with E-state index in [2.05, 4.69) is 16.0 Å². The largest absolute Gasteiger partial charge is 0.508 e. The first-order valence-corrected chi connectivity index (χ1v) is 10.6. The number of carbonyl (C=O) groups excluding carboxylic acids is 3. The molecule has 0 fully saturated rings. The Morgan fingerprint density at radius 1 is 1.00 bits per heavy atom. The molecule has 1 aromatic carbocycles. The molecule has 10 nitrogen and oxygen atoms in total. The summed E-state index contributed by atoms with van der Waals surface area (Å²) in [5.41, 5.74) is 6.39. The number of nitrogens with one attached hydrogen (secondary N) is 3. The van der Waals surface area contributed by atoms with E-state index in [1.165, 1.54) is 12.1 Å². The van der Waals surface area contributed by atoms with E-state index in [-0.39, 0.29) is 30.6 Å². The van der Waals surface area contributed by atoms with Gasteiger partial charge in [-0.15, -0.1) is 0 Å². The highest BCUT2D eigenvalue weighted by molar-refractivity contribution is 5.92. The summed E-state index contributed by atoms with van der Waals surface area (Å²) in [7, 11) is 0. The highest BCUT2D eigenvalue weighted by atomic mass is 16.4. The van der Waals surface area contributed by atoms with Crippen LogP contribution in [0, 0.1) is 11.8 Å². The van der Waals surface area contributed by atoms with Gasteiger partial charge in [-0.05, 0) is 29.5 Å². The van der Waals surface area contributed by atoms with Crippen LogP contribution in [-0.2, 0) is 25.6 Å². The number of hydrogen-bond donors (Lipinski definition) is 6. The third-order valence-corrected chi connectivity index (χ3v) is 5.25. The number of aliphatic carboxylic acids is 1. The minimum atomic E-state index is -1.17. The molecule has 1 aromatic rings. The van der Waals surface area contributed by atoms with Crippen molar-refractivity contribution in [3.05, 3.63) is 29.8 Å². The molecule has 0 spiro atoms. The van der Waals surface area contributed by atoms with Crippen LogP contribution in [0.15, 0.2) is 24.3 Å². The van der Waals surface area contributed by atoms with E-state index in [1.807, 2.05) is 6.92 Å². The van der Waals surface area contributed by atoms with Crippen LogP contribution in [0.3, 0.4) is 0 Å². The number of carboxylic acid groups (broad SMARTS) is 1. The minimum Gasteiger partial charge on any atom is -0.508 e. The minimum absolute atomic E-state index is 0.0469. The zero-order valence-corrected chi connectivity index (χ0v) is 18.9. The molecule has 7 N–H and O–H groups in total. The van der Waals surface area contributed by atoms with E-state index in [9.17, 15) is 29.4 Å². The van der Waals surface area contributed by atoms with Gasteiger partial charge >= 0.3 is 5.97 Å². The number of phenols is 1. The molecule has 0 aliphatic rings. The van der Waals surface area contributed by atoms with Gasteiger partial charge in [0, 0.05) is 6.42 Å². The second-order valence-corrected chi connectivity index (χ2v) is 8.19. The van der Waals surface area contributed by atoms with Gasteiger partial charge in [0.1, 0.15) is 17.8 Å². The van der Waals surface area contributed by atoms with Crippen molar-refractivity contribution in [1.82, 2.24) is 16.0 Å². The Morgan fingerprint density at radius 2 is 1.59 bits per heavy atom. The standard InChI is InChI=1S/C22H34N4O6/c1-5-13(4)19(22(31)32)26-20(29)16(10-14-6-8-15(27)9-7-14)25-17(28)11-24-21(30)18(23)12(2)3/h6-9,12-13,16,18-19,27H,5,10-11,23H2,1-4H3,(H,24,30)(H,25,28)(H,26,29)(H,31,32). The normalized spacial score (nSPS) is 14.7. The Morgan fingerprint density at radius 3 is 2.09 bits per heavy atom. The van der Waals surface area contributed by atoms with Crippen LogP contribution >= 0.6 is 0 Å². The van der Waals surface area contributed by atoms with Crippen LogP contribution < -0.4 is 21.7 Å². The molecule has 4 unspecified atom stereocenters. The number of rotatable bonds is 12. The molecule has 3 amide bonds. The van der Waals surface area contributed by atoms with Crippen molar-refractivity contribution >= 4 is 23.7 Å². The summed E-state index contributed by atoms with van der Waals surface area (Å²) in [6.07, 6.45) is 0.596. The van der Waals surface area contributed by atoms with Crippen LogP contribution in [0.2, 0.25) is 0 Å². The molecule has 0 heterocycles. The average Bonchev–Trinajstić information content (AvgIpc) is 2.75. The Kier molecular flexibility index (Phi) is 10.6. The molecule has 0 aliphatic heterocycles. The van der Waals surface area contributed by atoms with E-state index in [0.29, 0.717) is 12.0 Å². The van der Waals surface area contributed by atoms with Gasteiger partial charge < -0.3 is 31.9 Å². The molecule has 0 aliphatic carbocycles. The average molecular weight is 451 g/mol. The summed E-state index contributed by atoms with van der Waals surface area (Å²) in [5.74, 6) is -3.33. The Labute approximate surface area is 187 Å². The lowest BCUT2D eigenvalue weighted by molar-refractivity contribution is -0.143. The monoisotopic (exact) mass is 450 g/mol. The maximum absolute atomic E-state index is 12.9. The SMILES string of the molecule is CCC(C)C(NC(=O)C(Cc1ccc(O)cc1)NC(=O)CNC(=O)C(N)C(C)C)C(=O)O. The summed E-state index contributed by atoms with van der Waals surface area (Å²) < 4.78 is 0. The Hall–Kier alpha value is -3.14. The number of benzene rings is 1. The zero-order valence-electron chi connectivity index (χ0n) is 18.9. The third kappa shape index (κ3) is 8.54. The zero-order chi connectivity index (χ0) is 24.4. The van der Waals surface area contributed by atoms with Gasteiger partial charge in [-0.1, -0.05) is 46.2 Å². The molecule has 0 radical (unpaired) electrons. The summed E-state index contributed by atoms with van der Waals surface area (Å²) in [5, 5.41) is 26.4. The molecule has 1 rings (SSSR count). The van der Waals surface area contributed by atoms with Crippen LogP contribution in [0.25, 0.3) is 0 Å². The van der Waals surface area contributed by atoms with Gasteiger partial charge in [0.05, 0.1) is 12.6 Å². The smallest absolute Gasteiger partial charge is 0.326 e. The fourth-order valence-electron chi connectivity index (χ4n) is 2.85. The van der Waals surface area contributed by atoms with Crippen molar-refractivity contribution in [3.8, 4) is 5.75 Å². The first-order valence-electron chi connectivity index (χ1n) is 10.6. The number of aromatic hydroxyl groups is 1. The van der Waals surface area contributed by atoms with Gasteiger partial charge in [-0.25, -0.2) is 4.79 Å². The summed E-state index contributed by atoms with van der Waals surface area (Å²) in [6.45, 7) is 6.69. The maximum Gasteiger partial charge on any atom is 0.326 e. The van der Waals surface area contributed by atoms with Crippen LogP contribution in [-0.4, -0.2) is 58.6 Å². The number of amides is 3. The van der Waals surface area contributed by atoms with Crippen molar-refractivity contribution in [1.29, 1.82) is 0 Å². The molecule has 32 heavy (non-hydrogen) atoms. The Balaban J connectivity index is 2.93. The maximum atomic E-state index is 12.9. The lowest BCUT2D eigenvalue weighted by atomic mass is 9.98. The first-order chi connectivity index (χ1) is 15.0. The summed E-state index contributed by atoms with van der Waals surface area (Å²) in [4.78, 5) is 48.8. The van der Waals surface area contributed by atoms with Crippen LogP contribution in [0.1, 0.15) is 39.7 Å². The predicted octanol–water partition coefficient (Wildman–Crippen LogP) is 0.135. The van der Waals surface area contributed by atoms with Crippen molar-refractivity contribution < 1.29 is 29.4 Å². The fraction of sp³-hybridized carbons (Fsp3) is 0.545. The molecular weight excluding hydrogens is 416 g/mol. The van der Waals surface area contributed by atoms with E-state index >= 15 is 0 Å².